The molecular weight excluding hydrogens is 392 g/mol. The normalized spacial score (nSPS) is 23.8. The number of aliphatic carboxylic acids is 1. The summed E-state index contributed by atoms with van der Waals surface area (Å²) in [5.41, 5.74) is 7.12. The molecule has 5 N–H and O–H groups in total. The number of ether oxygens (including phenoxy) is 1. The summed E-state index contributed by atoms with van der Waals surface area (Å²) in [4.78, 5) is 36.0. The summed E-state index contributed by atoms with van der Waals surface area (Å²) in [7, 11) is 0. The maximum absolute atomic E-state index is 12.3. The van der Waals surface area contributed by atoms with Gasteiger partial charge in [0.25, 0.3) is 0 Å². The fourth-order valence-corrected chi connectivity index (χ4v) is 3.28. The van der Waals surface area contributed by atoms with Gasteiger partial charge in [0.05, 0.1) is 12.4 Å². The molecule has 3 aromatic rings. The van der Waals surface area contributed by atoms with Crippen molar-refractivity contribution < 1.29 is 24.5 Å². The van der Waals surface area contributed by atoms with Crippen LogP contribution in [-0.4, -0.2) is 59.9 Å². The molecule has 2 aromatic heterocycles. The Labute approximate surface area is 169 Å². The zero-order valence-electron chi connectivity index (χ0n) is 15.5. The van der Waals surface area contributed by atoms with E-state index in [0.29, 0.717) is 5.52 Å². The van der Waals surface area contributed by atoms with Crippen molar-refractivity contribution in [3.63, 3.8) is 0 Å². The van der Waals surface area contributed by atoms with Crippen LogP contribution in [0.15, 0.2) is 49.1 Å². The number of carboxylic acid groups (broad SMARTS) is 1. The van der Waals surface area contributed by atoms with Crippen LogP contribution in [0.3, 0.4) is 0 Å². The largest absolute Gasteiger partial charge is 0.479 e. The number of carboxylic acids is 1. The minimum absolute atomic E-state index is 0.136. The lowest BCUT2D eigenvalue weighted by Gasteiger charge is -2.19. The average Bonchev–Trinajstić information content (AvgIpc) is 3.30. The van der Waals surface area contributed by atoms with E-state index in [1.807, 2.05) is 30.3 Å². The standard InChI is InChI=1S/C19H18N6O5/c20-16-13-17(22-8-21-16)25(9-23-13)18-14(27)12(15(30-18)19(28)29)24-11(26)7-6-10-4-2-1-3-5-10/h1-9,12,14-15,18,27H,(H,24,26)(H,28,29)(H2,20,21,22)/b7-6+/t12-,14+,15-,18+/m0/s1. The molecule has 1 aromatic carbocycles. The van der Waals surface area contributed by atoms with Crippen molar-refractivity contribution in [1.82, 2.24) is 24.8 Å². The lowest BCUT2D eigenvalue weighted by atomic mass is 10.1. The Morgan fingerprint density at radius 1 is 1.20 bits per heavy atom. The maximum atomic E-state index is 12.3. The highest BCUT2D eigenvalue weighted by atomic mass is 16.6. The first-order valence-corrected chi connectivity index (χ1v) is 8.98. The van der Waals surface area contributed by atoms with Gasteiger partial charge in [0.1, 0.15) is 17.9 Å². The fraction of sp³-hybridized carbons (Fsp3) is 0.211. The molecule has 0 unspecified atom stereocenters. The van der Waals surface area contributed by atoms with Gasteiger partial charge in [0.2, 0.25) is 5.91 Å². The van der Waals surface area contributed by atoms with E-state index in [4.69, 9.17) is 10.5 Å². The molecule has 1 amide bonds. The predicted molar refractivity (Wildman–Crippen MR) is 105 cm³/mol. The third kappa shape index (κ3) is 3.58. The molecule has 0 bridgehead atoms. The first-order valence-electron chi connectivity index (χ1n) is 8.98. The van der Waals surface area contributed by atoms with Crippen molar-refractivity contribution in [3.8, 4) is 0 Å². The average molecular weight is 410 g/mol. The molecule has 11 heteroatoms. The number of fused-ring (bicyclic) bond motifs is 1. The van der Waals surface area contributed by atoms with Gasteiger partial charge in [0.15, 0.2) is 23.8 Å². The van der Waals surface area contributed by atoms with Crippen LogP contribution in [0.25, 0.3) is 17.2 Å². The number of aliphatic hydroxyl groups excluding tert-OH is 1. The molecule has 1 saturated heterocycles. The number of hydrogen-bond donors (Lipinski definition) is 4. The van der Waals surface area contributed by atoms with E-state index in [9.17, 15) is 19.8 Å². The number of nitrogens with zero attached hydrogens (tertiary/aromatic N) is 4. The highest BCUT2D eigenvalue weighted by Gasteiger charge is 2.49. The van der Waals surface area contributed by atoms with E-state index in [1.54, 1.807) is 6.08 Å². The molecule has 1 aliphatic heterocycles. The van der Waals surface area contributed by atoms with Gasteiger partial charge >= 0.3 is 5.97 Å². The zero-order chi connectivity index (χ0) is 21.3. The first-order chi connectivity index (χ1) is 14.5. The number of rotatable bonds is 5. The van der Waals surface area contributed by atoms with Gasteiger partial charge in [-0.05, 0) is 11.6 Å². The second-order valence-corrected chi connectivity index (χ2v) is 6.64. The molecule has 154 valence electrons. The predicted octanol–water partition coefficient (Wildman–Crippen LogP) is -0.0504. The van der Waals surface area contributed by atoms with Gasteiger partial charge in [-0.2, -0.15) is 0 Å². The summed E-state index contributed by atoms with van der Waals surface area (Å²) in [6, 6.07) is 7.92. The summed E-state index contributed by atoms with van der Waals surface area (Å²) in [6.07, 6.45) is 1.38. The molecular formula is C19H18N6O5. The number of carbonyl (C=O) groups is 2. The van der Waals surface area contributed by atoms with Gasteiger partial charge in [0, 0.05) is 6.08 Å². The van der Waals surface area contributed by atoms with Crippen LogP contribution in [0.4, 0.5) is 5.82 Å². The third-order valence-corrected chi connectivity index (χ3v) is 4.71. The Kier molecular flexibility index (Phi) is 5.12. The number of hydrogen-bond acceptors (Lipinski definition) is 8. The van der Waals surface area contributed by atoms with Crippen molar-refractivity contribution in [2.45, 2.75) is 24.5 Å². The summed E-state index contributed by atoms with van der Waals surface area (Å²) < 4.78 is 6.90. The number of anilines is 1. The minimum Gasteiger partial charge on any atom is -0.479 e. The van der Waals surface area contributed by atoms with E-state index in [-0.39, 0.29) is 11.5 Å². The number of imidazole rings is 1. The van der Waals surface area contributed by atoms with E-state index >= 15 is 0 Å². The van der Waals surface area contributed by atoms with Gasteiger partial charge in [-0.25, -0.2) is 19.7 Å². The van der Waals surface area contributed by atoms with Crippen LogP contribution >= 0.6 is 0 Å². The van der Waals surface area contributed by atoms with Crippen molar-refractivity contribution in [1.29, 1.82) is 0 Å². The third-order valence-electron chi connectivity index (χ3n) is 4.71. The fourth-order valence-electron chi connectivity index (χ4n) is 3.28. The van der Waals surface area contributed by atoms with Crippen LogP contribution in [0, 0.1) is 0 Å². The Balaban J connectivity index is 1.57. The van der Waals surface area contributed by atoms with Crippen molar-refractivity contribution in [2.75, 3.05) is 5.73 Å². The van der Waals surface area contributed by atoms with Crippen LogP contribution < -0.4 is 11.1 Å². The van der Waals surface area contributed by atoms with Crippen molar-refractivity contribution in [3.05, 3.63) is 54.6 Å². The van der Waals surface area contributed by atoms with Gasteiger partial charge < -0.3 is 26.0 Å². The summed E-state index contributed by atoms with van der Waals surface area (Å²) >= 11 is 0. The first kappa shape index (κ1) is 19.5. The summed E-state index contributed by atoms with van der Waals surface area (Å²) in [6.45, 7) is 0. The number of amides is 1. The molecule has 0 saturated carbocycles. The minimum atomic E-state index is -1.48. The Morgan fingerprint density at radius 2 is 1.97 bits per heavy atom. The molecule has 11 nitrogen and oxygen atoms in total. The molecule has 3 heterocycles. The topological polar surface area (TPSA) is 165 Å². The smallest absolute Gasteiger partial charge is 0.335 e. The number of nitrogens with two attached hydrogens (primary N) is 1. The highest BCUT2D eigenvalue weighted by molar-refractivity contribution is 5.92. The maximum Gasteiger partial charge on any atom is 0.335 e. The molecule has 1 fully saturated rings. The highest BCUT2D eigenvalue weighted by Crippen LogP contribution is 2.32. The zero-order valence-corrected chi connectivity index (χ0v) is 15.5. The van der Waals surface area contributed by atoms with E-state index in [2.05, 4.69) is 20.3 Å². The number of carbonyl (C=O) groups excluding carboxylic acids is 1. The monoisotopic (exact) mass is 410 g/mol. The van der Waals surface area contributed by atoms with Crippen LogP contribution in [-0.2, 0) is 14.3 Å². The van der Waals surface area contributed by atoms with Crippen LogP contribution in [0.5, 0.6) is 0 Å². The molecule has 1 aliphatic rings. The van der Waals surface area contributed by atoms with Crippen molar-refractivity contribution in [2.24, 2.45) is 0 Å². The van der Waals surface area contributed by atoms with E-state index in [0.717, 1.165) is 5.56 Å². The SMILES string of the molecule is Nc1ncnc2c1ncn2[C@@H]1O[C@H](C(=O)O)[C@@H](NC(=O)/C=C/c2ccccc2)[C@H]1O. The second-order valence-electron chi connectivity index (χ2n) is 6.64. The Hall–Kier alpha value is -3.83. The van der Waals surface area contributed by atoms with Crippen LogP contribution in [0.2, 0.25) is 0 Å². The summed E-state index contributed by atoms with van der Waals surface area (Å²) in [5, 5.41) is 22.8. The summed E-state index contributed by atoms with van der Waals surface area (Å²) in [5.74, 6) is -1.76. The quantitative estimate of drug-likeness (QED) is 0.422. The lowest BCUT2D eigenvalue weighted by molar-refractivity contribution is -0.152. The number of nitrogens with one attached hydrogen (secondary N) is 1. The molecule has 0 radical (unpaired) electrons. The number of aromatic nitrogens is 4. The number of nitrogen functional groups attached to an aromatic ring is 1. The van der Waals surface area contributed by atoms with E-state index in [1.165, 1.54) is 23.3 Å². The molecule has 0 aliphatic carbocycles. The Bertz CT molecular complexity index is 1120. The van der Waals surface area contributed by atoms with E-state index < -0.39 is 36.4 Å². The molecule has 4 rings (SSSR count). The number of benzene rings is 1. The van der Waals surface area contributed by atoms with Gasteiger partial charge in [-0.1, -0.05) is 30.3 Å². The van der Waals surface area contributed by atoms with Gasteiger partial charge in [-0.3, -0.25) is 9.36 Å². The second kappa shape index (κ2) is 7.89. The molecule has 4 atom stereocenters. The number of aliphatic hydroxyl groups is 1. The van der Waals surface area contributed by atoms with Gasteiger partial charge in [-0.15, -0.1) is 0 Å². The molecule has 30 heavy (non-hydrogen) atoms. The molecule has 0 spiro atoms. The lowest BCUT2D eigenvalue weighted by Crippen LogP contribution is -2.49. The Morgan fingerprint density at radius 3 is 2.70 bits per heavy atom. The van der Waals surface area contributed by atoms with Crippen molar-refractivity contribution >= 4 is 34.9 Å². The van der Waals surface area contributed by atoms with Crippen LogP contribution in [0.1, 0.15) is 11.8 Å².